The molecule has 0 heterocycles. The van der Waals surface area contributed by atoms with E-state index in [-0.39, 0.29) is 36.4 Å². The molecule has 0 aromatic heterocycles. The first-order chi connectivity index (χ1) is 10.9. The van der Waals surface area contributed by atoms with Crippen LogP contribution in [0.1, 0.15) is 50.6 Å². The summed E-state index contributed by atoms with van der Waals surface area (Å²) in [7, 11) is 0. The molecule has 1 aromatic rings. The minimum Gasteiger partial charge on any atom is -0.353 e. The van der Waals surface area contributed by atoms with Gasteiger partial charge in [-0.15, -0.1) is 0 Å². The number of nitrogens with two attached hydrogens (primary N) is 1. The van der Waals surface area contributed by atoms with Crippen LogP contribution in [0.25, 0.3) is 0 Å². The number of halogens is 1. The number of hydrogen-bond donors (Lipinski definition) is 3. The fourth-order valence-corrected chi connectivity index (χ4v) is 3.19. The Kier molecular flexibility index (Phi) is 6.59. The predicted octanol–water partition coefficient (Wildman–Crippen LogP) is 2.40. The molecule has 0 bridgehead atoms. The molecule has 1 fully saturated rings. The van der Waals surface area contributed by atoms with Crippen molar-refractivity contribution in [3.8, 4) is 0 Å². The van der Waals surface area contributed by atoms with Gasteiger partial charge in [-0.25, -0.2) is 0 Å². The zero-order valence-corrected chi connectivity index (χ0v) is 14.9. The van der Waals surface area contributed by atoms with Crippen molar-refractivity contribution in [1.29, 1.82) is 0 Å². The van der Waals surface area contributed by atoms with Crippen LogP contribution in [0, 0.1) is 0 Å². The average Bonchev–Trinajstić information content (AvgIpc) is 2.49. The summed E-state index contributed by atoms with van der Waals surface area (Å²) in [4.78, 5) is 23.8. The van der Waals surface area contributed by atoms with E-state index < -0.39 is 0 Å². The van der Waals surface area contributed by atoms with Gasteiger partial charge in [0.05, 0.1) is 12.5 Å². The maximum atomic E-state index is 12.3. The number of nitrogens with one attached hydrogen (secondary N) is 2. The first-order valence-corrected chi connectivity index (χ1v) is 8.81. The zero-order chi connectivity index (χ0) is 16.8. The molecule has 1 aromatic carbocycles. The molecule has 1 aliphatic rings. The van der Waals surface area contributed by atoms with Crippen molar-refractivity contribution in [1.82, 2.24) is 10.6 Å². The monoisotopic (exact) mass is 381 g/mol. The minimum atomic E-state index is -0.313. The van der Waals surface area contributed by atoms with Gasteiger partial charge in [-0.1, -0.05) is 28.1 Å². The SMILES string of the molecule is CC(=O)NC(CC(=O)NC1CCC(N)CC1)c1ccc(Br)cc1. The maximum Gasteiger partial charge on any atom is 0.222 e. The standard InChI is InChI=1S/C17H24BrN3O2/c1-11(22)20-16(12-2-4-13(18)5-3-12)10-17(23)21-15-8-6-14(19)7-9-15/h2-5,14-16H,6-10,19H2,1H3,(H,20,22)(H,21,23). The van der Waals surface area contributed by atoms with Crippen molar-refractivity contribution in [2.24, 2.45) is 5.73 Å². The molecule has 1 saturated carbocycles. The quantitative estimate of drug-likeness (QED) is 0.731. The van der Waals surface area contributed by atoms with Crippen molar-refractivity contribution < 1.29 is 9.59 Å². The summed E-state index contributed by atoms with van der Waals surface area (Å²) in [6, 6.07) is 7.79. The molecule has 2 amide bonds. The molecule has 6 heteroatoms. The van der Waals surface area contributed by atoms with Crippen LogP contribution in [0.15, 0.2) is 28.7 Å². The first kappa shape index (κ1) is 17.9. The van der Waals surface area contributed by atoms with Gasteiger partial charge in [-0.3, -0.25) is 9.59 Å². The van der Waals surface area contributed by atoms with E-state index in [0.29, 0.717) is 0 Å². The number of hydrogen-bond acceptors (Lipinski definition) is 3. The average molecular weight is 382 g/mol. The summed E-state index contributed by atoms with van der Waals surface area (Å²) >= 11 is 3.39. The number of carbonyl (C=O) groups excluding carboxylic acids is 2. The van der Waals surface area contributed by atoms with Gasteiger partial charge in [0.25, 0.3) is 0 Å². The van der Waals surface area contributed by atoms with Gasteiger partial charge in [0.2, 0.25) is 11.8 Å². The summed E-state index contributed by atoms with van der Waals surface area (Å²) in [6.45, 7) is 1.46. The van der Waals surface area contributed by atoms with Gasteiger partial charge in [0.1, 0.15) is 0 Å². The maximum absolute atomic E-state index is 12.3. The second kappa shape index (κ2) is 8.45. The van der Waals surface area contributed by atoms with Crippen molar-refractivity contribution in [2.75, 3.05) is 0 Å². The highest BCUT2D eigenvalue weighted by molar-refractivity contribution is 9.10. The zero-order valence-electron chi connectivity index (χ0n) is 13.3. The Bertz CT molecular complexity index is 539. The van der Waals surface area contributed by atoms with E-state index in [4.69, 9.17) is 5.73 Å². The van der Waals surface area contributed by atoms with Crippen LogP contribution in [0.5, 0.6) is 0 Å². The number of amides is 2. The Morgan fingerprint density at radius 3 is 2.39 bits per heavy atom. The van der Waals surface area contributed by atoms with Crippen LogP contribution >= 0.6 is 15.9 Å². The highest BCUT2D eigenvalue weighted by Gasteiger charge is 2.22. The van der Waals surface area contributed by atoms with E-state index in [9.17, 15) is 9.59 Å². The summed E-state index contributed by atoms with van der Waals surface area (Å²) in [5.74, 6) is -0.179. The third kappa shape index (κ3) is 5.95. The molecule has 4 N–H and O–H groups in total. The molecule has 0 saturated heterocycles. The lowest BCUT2D eigenvalue weighted by Crippen LogP contribution is -2.42. The molecule has 0 radical (unpaired) electrons. The largest absolute Gasteiger partial charge is 0.353 e. The second-order valence-corrected chi connectivity index (χ2v) is 7.10. The Labute approximate surface area is 145 Å². The lowest BCUT2D eigenvalue weighted by Gasteiger charge is -2.27. The van der Waals surface area contributed by atoms with Crippen molar-refractivity contribution in [3.63, 3.8) is 0 Å². The van der Waals surface area contributed by atoms with Crippen LogP contribution in [-0.2, 0) is 9.59 Å². The molecule has 1 atom stereocenters. The molecule has 5 nitrogen and oxygen atoms in total. The highest BCUT2D eigenvalue weighted by atomic mass is 79.9. The molecular formula is C17H24BrN3O2. The fourth-order valence-electron chi connectivity index (χ4n) is 2.93. The van der Waals surface area contributed by atoms with E-state index in [1.54, 1.807) is 0 Å². The third-order valence-electron chi connectivity index (χ3n) is 4.18. The molecule has 0 aliphatic heterocycles. The van der Waals surface area contributed by atoms with E-state index in [0.717, 1.165) is 35.7 Å². The molecule has 2 rings (SSSR count). The normalized spacial score (nSPS) is 22.2. The molecular weight excluding hydrogens is 358 g/mol. The van der Waals surface area contributed by atoms with Crippen molar-refractivity contribution >= 4 is 27.7 Å². The lowest BCUT2D eigenvalue weighted by atomic mass is 9.91. The Balaban J connectivity index is 1.95. The van der Waals surface area contributed by atoms with Gasteiger partial charge >= 0.3 is 0 Å². The summed E-state index contributed by atoms with van der Waals surface area (Å²) in [5.41, 5.74) is 6.81. The van der Waals surface area contributed by atoms with Crippen LogP contribution < -0.4 is 16.4 Å². The first-order valence-electron chi connectivity index (χ1n) is 8.01. The van der Waals surface area contributed by atoms with Crippen LogP contribution in [0.3, 0.4) is 0 Å². The van der Waals surface area contributed by atoms with Gasteiger partial charge in [0.15, 0.2) is 0 Å². The molecule has 1 unspecified atom stereocenters. The molecule has 0 spiro atoms. The molecule has 126 valence electrons. The number of carbonyl (C=O) groups is 2. The lowest BCUT2D eigenvalue weighted by molar-refractivity contribution is -0.123. The highest BCUT2D eigenvalue weighted by Crippen LogP contribution is 2.21. The Morgan fingerprint density at radius 2 is 1.83 bits per heavy atom. The summed E-state index contributed by atoms with van der Waals surface area (Å²) in [6.07, 6.45) is 4.00. The number of benzene rings is 1. The van der Waals surface area contributed by atoms with E-state index in [2.05, 4.69) is 26.6 Å². The van der Waals surface area contributed by atoms with E-state index >= 15 is 0 Å². The van der Waals surface area contributed by atoms with Crippen LogP contribution in [-0.4, -0.2) is 23.9 Å². The molecule has 1 aliphatic carbocycles. The third-order valence-corrected chi connectivity index (χ3v) is 4.71. The van der Waals surface area contributed by atoms with Gasteiger partial charge in [0, 0.05) is 23.5 Å². The molecule has 23 heavy (non-hydrogen) atoms. The van der Waals surface area contributed by atoms with Crippen LogP contribution in [0.4, 0.5) is 0 Å². The smallest absolute Gasteiger partial charge is 0.222 e. The van der Waals surface area contributed by atoms with E-state index in [1.807, 2.05) is 24.3 Å². The van der Waals surface area contributed by atoms with Gasteiger partial charge < -0.3 is 16.4 Å². The van der Waals surface area contributed by atoms with Crippen molar-refractivity contribution in [3.05, 3.63) is 34.3 Å². The Morgan fingerprint density at radius 1 is 1.22 bits per heavy atom. The van der Waals surface area contributed by atoms with E-state index in [1.165, 1.54) is 6.92 Å². The minimum absolute atomic E-state index is 0.0351. The second-order valence-electron chi connectivity index (χ2n) is 6.19. The summed E-state index contributed by atoms with van der Waals surface area (Å²) < 4.78 is 0.964. The summed E-state index contributed by atoms with van der Waals surface area (Å²) in [5, 5.41) is 5.92. The fraction of sp³-hybridized carbons (Fsp3) is 0.529. The van der Waals surface area contributed by atoms with Crippen LogP contribution in [0.2, 0.25) is 0 Å². The topological polar surface area (TPSA) is 84.2 Å². The Hall–Kier alpha value is -1.40. The van der Waals surface area contributed by atoms with Crippen molar-refractivity contribution in [2.45, 2.75) is 57.2 Å². The van der Waals surface area contributed by atoms with Gasteiger partial charge in [-0.05, 0) is 43.4 Å². The number of rotatable bonds is 5. The van der Waals surface area contributed by atoms with Gasteiger partial charge in [-0.2, -0.15) is 0 Å². The predicted molar refractivity (Wildman–Crippen MR) is 93.7 cm³/mol.